The van der Waals surface area contributed by atoms with Gasteiger partial charge in [-0.25, -0.2) is 8.78 Å². The molecule has 2 aromatic carbocycles. The Morgan fingerprint density at radius 1 is 0.967 bits per heavy atom. The van der Waals surface area contributed by atoms with Crippen molar-refractivity contribution in [2.24, 2.45) is 0 Å². The zero-order valence-electron chi connectivity index (χ0n) is 16.1. The van der Waals surface area contributed by atoms with Crippen LogP contribution in [-0.4, -0.2) is 10.9 Å². The molecule has 0 radical (unpaired) electrons. The minimum atomic E-state index is -4.64. The molecular weight excluding hydrogens is 403 g/mol. The van der Waals surface area contributed by atoms with E-state index in [1.54, 1.807) is 26.0 Å². The van der Waals surface area contributed by atoms with Crippen molar-refractivity contribution < 1.29 is 26.7 Å². The second kappa shape index (κ2) is 8.22. The summed E-state index contributed by atoms with van der Waals surface area (Å²) in [5.74, 6) is -3.04. The number of amides is 1. The van der Waals surface area contributed by atoms with E-state index in [9.17, 15) is 26.7 Å². The van der Waals surface area contributed by atoms with E-state index in [-0.39, 0.29) is 16.8 Å². The Labute approximate surface area is 169 Å². The summed E-state index contributed by atoms with van der Waals surface area (Å²) in [6.07, 6.45) is -5.16. The van der Waals surface area contributed by atoms with Gasteiger partial charge in [-0.15, -0.1) is 0 Å². The quantitative estimate of drug-likeness (QED) is 0.539. The van der Waals surface area contributed by atoms with E-state index in [4.69, 9.17) is 0 Å². The van der Waals surface area contributed by atoms with Gasteiger partial charge >= 0.3 is 6.18 Å². The monoisotopic (exact) mass is 420 g/mol. The van der Waals surface area contributed by atoms with Gasteiger partial charge in [-0.05, 0) is 61.4 Å². The second-order valence-electron chi connectivity index (χ2n) is 6.87. The van der Waals surface area contributed by atoms with Crippen molar-refractivity contribution >= 4 is 11.6 Å². The second-order valence-corrected chi connectivity index (χ2v) is 6.87. The number of halogens is 5. The van der Waals surface area contributed by atoms with E-state index in [1.165, 1.54) is 18.2 Å². The molecule has 0 atom stereocenters. The Morgan fingerprint density at radius 2 is 1.60 bits per heavy atom. The number of rotatable bonds is 4. The maximum absolute atomic E-state index is 13.8. The van der Waals surface area contributed by atoms with E-state index in [0.29, 0.717) is 17.0 Å². The van der Waals surface area contributed by atoms with Crippen LogP contribution in [0.3, 0.4) is 0 Å². The highest BCUT2D eigenvalue weighted by molar-refractivity contribution is 5.93. The van der Waals surface area contributed by atoms with Gasteiger partial charge < -0.3 is 5.32 Å². The summed E-state index contributed by atoms with van der Waals surface area (Å²) in [6, 6.07) is 9.83. The number of anilines is 1. The van der Waals surface area contributed by atoms with Crippen molar-refractivity contribution in [1.82, 2.24) is 4.98 Å². The van der Waals surface area contributed by atoms with Crippen LogP contribution in [0, 0.1) is 25.5 Å². The highest BCUT2D eigenvalue weighted by Crippen LogP contribution is 2.35. The van der Waals surface area contributed by atoms with E-state index < -0.39 is 35.7 Å². The maximum atomic E-state index is 13.8. The lowest BCUT2D eigenvalue weighted by atomic mass is 10.0. The Bertz CT molecular complexity index is 1090. The molecular formula is C22H17F5N2O. The molecule has 0 aliphatic carbocycles. The number of alkyl halides is 3. The topological polar surface area (TPSA) is 42.0 Å². The molecule has 0 aliphatic rings. The Hall–Kier alpha value is -3.29. The number of pyridine rings is 1. The van der Waals surface area contributed by atoms with Crippen LogP contribution in [0.4, 0.5) is 27.6 Å². The van der Waals surface area contributed by atoms with Gasteiger partial charge in [-0.3, -0.25) is 9.78 Å². The molecule has 0 bridgehead atoms. The third-order valence-corrected chi connectivity index (χ3v) is 4.34. The van der Waals surface area contributed by atoms with E-state index in [1.807, 2.05) is 0 Å². The van der Waals surface area contributed by atoms with E-state index in [0.717, 1.165) is 18.2 Å². The molecule has 3 rings (SSSR count). The molecule has 3 aromatic rings. The number of carbonyl (C=O) groups excluding carboxylic acids is 1. The number of nitrogens with zero attached hydrogens (tertiary/aromatic N) is 1. The van der Waals surface area contributed by atoms with Crippen LogP contribution in [0.5, 0.6) is 0 Å². The third kappa shape index (κ3) is 5.00. The number of nitrogens with one attached hydrogen (secondary N) is 1. The average Bonchev–Trinajstić information content (AvgIpc) is 2.63. The number of benzene rings is 2. The van der Waals surface area contributed by atoms with Crippen molar-refractivity contribution in [1.29, 1.82) is 0 Å². The first-order chi connectivity index (χ1) is 14.0. The summed E-state index contributed by atoms with van der Waals surface area (Å²) < 4.78 is 67.2. The molecule has 30 heavy (non-hydrogen) atoms. The number of aromatic nitrogens is 1. The zero-order chi connectivity index (χ0) is 22.1. The lowest BCUT2D eigenvalue weighted by Gasteiger charge is -2.14. The normalized spacial score (nSPS) is 11.4. The Balaban J connectivity index is 1.95. The molecule has 1 aromatic heterocycles. The predicted molar refractivity (Wildman–Crippen MR) is 103 cm³/mol. The minimum Gasteiger partial charge on any atom is -0.326 e. The first-order valence-electron chi connectivity index (χ1n) is 8.93. The highest BCUT2D eigenvalue weighted by Gasteiger charge is 2.31. The highest BCUT2D eigenvalue weighted by atomic mass is 19.4. The van der Waals surface area contributed by atoms with Crippen LogP contribution in [0.25, 0.3) is 11.1 Å². The zero-order valence-corrected chi connectivity index (χ0v) is 16.1. The van der Waals surface area contributed by atoms with Crippen LogP contribution in [-0.2, 0) is 17.4 Å². The summed E-state index contributed by atoms with van der Waals surface area (Å²) in [4.78, 5) is 16.5. The minimum absolute atomic E-state index is 0.103. The lowest BCUT2D eigenvalue weighted by molar-refractivity contribution is -0.137. The first-order valence-corrected chi connectivity index (χ1v) is 8.93. The molecule has 0 aliphatic heterocycles. The van der Waals surface area contributed by atoms with Gasteiger partial charge in [0.1, 0.15) is 0 Å². The smallest absolute Gasteiger partial charge is 0.326 e. The fraction of sp³-hybridized carbons (Fsp3) is 0.182. The molecule has 1 heterocycles. The molecule has 0 unspecified atom stereocenters. The summed E-state index contributed by atoms with van der Waals surface area (Å²) in [7, 11) is 0. The standard InChI is InChI=1S/C22H17F5N2O/c1-12-6-15(7-13(2)28-12)16-8-17(22(25,26)27)11-18(9-16)29-20(30)10-14-4-3-5-19(23)21(14)24/h3-9,11H,10H2,1-2H3,(H,29,30). The van der Waals surface area contributed by atoms with Crippen LogP contribution in [0.2, 0.25) is 0 Å². The number of hydrogen-bond acceptors (Lipinski definition) is 2. The fourth-order valence-electron chi connectivity index (χ4n) is 3.09. The molecule has 156 valence electrons. The first kappa shape index (κ1) is 21.4. The van der Waals surface area contributed by atoms with Crippen LogP contribution < -0.4 is 5.32 Å². The summed E-state index contributed by atoms with van der Waals surface area (Å²) >= 11 is 0. The summed E-state index contributed by atoms with van der Waals surface area (Å²) in [5.41, 5.74) is 0.779. The van der Waals surface area contributed by atoms with E-state index >= 15 is 0 Å². The summed E-state index contributed by atoms with van der Waals surface area (Å²) in [6.45, 7) is 3.45. The molecule has 8 heteroatoms. The summed E-state index contributed by atoms with van der Waals surface area (Å²) in [5, 5.41) is 2.35. The van der Waals surface area contributed by atoms with Crippen LogP contribution in [0.15, 0.2) is 48.5 Å². The van der Waals surface area contributed by atoms with Crippen molar-refractivity contribution in [2.75, 3.05) is 5.32 Å². The van der Waals surface area contributed by atoms with Gasteiger partial charge in [0.05, 0.1) is 12.0 Å². The van der Waals surface area contributed by atoms with Gasteiger partial charge in [0.2, 0.25) is 5.91 Å². The van der Waals surface area contributed by atoms with Gasteiger partial charge in [0.15, 0.2) is 11.6 Å². The molecule has 3 nitrogen and oxygen atoms in total. The average molecular weight is 420 g/mol. The lowest BCUT2D eigenvalue weighted by Crippen LogP contribution is -2.16. The Kier molecular flexibility index (Phi) is 5.87. The number of aryl methyl sites for hydroxylation is 2. The van der Waals surface area contributed by atoms with Gasteiger partial charge in [0, 0.05) is 22.6 Å². The molecule has 0 saturated carbocycles. The molecule has 0 fully saturated rings. The van der Waals surface area contributed by atoms with Crippen molar-refractivity contribution in [3.05, 3.63) is 82.7 Å². The number of hydrogen-bond donors (Lipinski definition) is 1. The van der Waals surface area contributed by atoms with Crippen molar-refractivity contribution in [3.63, 3.8) is 0 Å². The predicted octanol–water partition coefficient (Wildman–Crippen LogP) is 5.84. The van der Waals surface area contributed by atoms with Gasteiger partial charge in [-0.1, -0.05) is 12.1 Å². The van der Waals surface area contributed by atoms with Crippen LogP contribution in [0.1, 0.15) is 22.5 Å². The molecule has 1 N–H and O–H groups in total. The number of carbonyl (C=O) groups is 1. The van der Waals surface area contributed by atoms with Crippen molar-refractivity contribution in [3.8, 4) is 11.1 Å². The maximum Gasteiger partial charge on any atom is 0.416 e. The van der Waals surface area contributed by atoms with Gasteiger partial charge in [-0.2, -0.15) is 13.2 Å². The molecule has 1 amide bonds. The third-order valence-electron chi connectivity index (χ3n) is 4.34. The largest absolute Gasteiger partial charge is 0.416 e. The Morgan fingerprint density at radius 3 is 2.23 bits per heavy atom. The van der Waals surface area contributed by atoms with E-state index in [2.05, 4.69) is 10.3 Å². The SMILES string of the molecule is Cc1cc(-c2cc(NC(=O)Cc3cccc(F)c3F)cc(C(F)(F)F)c2)cc(C)n1. The fourth-order valence-corrected chi connectivity index (χ4v) is 3.09. The van der Waals surface area contributed by atoms with Gasteiger partial charge in [0.25, 0.3) is 0 Å². The molecule has 0 spiro atoms. The van der Waals surface area contributed by atoms with Crippen LogP contribution >= 0.6 is 0 Å². The molecule has 0 saturated heterocycles. The van der Waals surface area contributed by atoms with Crippen molar-refractivity contribution in [2.45, 2.75) is 26.4 Å².